The van der Waals surface area contributed by atoms with Crippen LogP contribution in [0.2, 0.25) is 5.02 Å². The number of nitrogens with one attached hydrogen (secondary N) is 2. The molecule has 0 spiro atoms. The standard InChI is InChI=1S/C18H15ClN4S/c19-14-7-16-13(9-20-17(16)21-10-14)6-15-11-23-18(24-15)22-8-12-4-2-1-3-5-12/h1-5,7,9-11H,6,8H2,(H,20,21)(H,22,23). The molecule has 0 bridgehead atoms. The molecule has 0 amide bonds. The summed E-state index contributed by atoms with van der Waals surface area (Å²) in [5, 5.41) is 6.02. The summed E-state index contributed by atoms with van der Waals surface area (Å²) in [6.45, 7) is 0.778. The fourth-order valence-electron chi connectivity index (χ4n) is 2.61. The number of aromatic amines is 1. The third-order valence-corrected chi connectivity index (χ3v) is 4.95. The van der Waals surface area contributed by atoms with Crippen LogP contribution in [-0.2, 0) is 13.0 Å². The van der Waals surface area contributed by atoms with Crippen LogP contribution in [0.25, 0.3) is 11.0 Å². The summed E-state index contributed by atoms with van der Waals surface area (Å²) in [6.07, 6.45) is 6.38. The second-order valence-electron chi connectivity index (χ2n) is 5.51. The van der Waals surface area contributed by atoms with E-state index in [0.29, 0.717) is 5.02 Å². The first-order valence-electron chi connectivity index (χ1n) is 7.62. The zero-order valence-corrected chi connectivity index (χ0v) is 14.4. The molecule has 6 heteroatoms. The quantitative estimate of drug-likeness (QED) is 0.537. The van der Waals surface area contributed by atoms with E-state index in [2.05, 4.69) is 32.4 Å². The molecule has 120 valence electrons. The van der Waals surface area contributed by atoms with Crippen LogP contribution >= 0.6 is 22.9 Å². The van der Waals surface area contributed by atoms with Gasteiger partial charge in [0.2, 0.25) is 0 Å². The van der Waals surface area contributed by atoms with Crippen molar-refractivity contribution in [2.45, 2.75) is 13.0 Å². The average molecular weight is 355 g/mol. The number of H-pyrrole nitrogens is 1. The van der Waals surface area contributed by atoms with Crippen LogP contribution in [-0.4, -0.2) is 15.0 Å². The Bertz CT molecular complexity index is 961. The van der Waals surface area contributed by atoms with Crippen molar-refractivity contribution in [2.24, 2.45) is 0 Å². The van der Waals surface area contributed by atoms with Crippen molar-refractivity contribution in [3.05, 3.63) is 76.0 Å². The maximum atomic E-state index is 6.06. The van der Waals surface area contributed by atoms with E-state index in [1.165, 1.54) is 16.0 Å². The van der Waals surface area contributed by atoms with Crippen molar-refractivity contribution in [3.63, 3.8) is 0 Å². The summed E-state index contributed by atoms with van der Waals surface area (Å²) in [5.41, 5.74) is 3.28. The summed E-state index contributed by atoms with van der Waals surface area (Å²) in [6, 6.07) is 12.3. The Hall–Kier alpha value is -2.37. The smallest absolute Gasteiger partial charge is 0.183 e. The lowest BCUT2D eigenvalue weighted by Crippen LogP contribution is -1.97. The maximum Gasteiger partial charge on any atom is 0.183 e. The van der Waals surface area contributed by atoms with E-state index in [-0.39, 0.29) is 0 Å². The number of nitrogens with zero attached hydrogens (tertiary/aromatic N) is 2. The SMILES string of the molecule is Clc1cnc2[nH]cc(Cc3cnc(NCc4ccccc4)s3)c2c1. The lowest BCUT2D eigenvalue weighted by molar-refractivity contribution is 1.13. The zero-order chi connectivity index (χ0) is 16.4. The molecular weight excluding hydrogens is 340 g/mol. The highest BCUT2D eigenvalue weighted by atomic mass is 35.5. The first kappa shape index (κ1) is 15.2. The molecule has 0 saturated heterocycles. The lowest BCUT2D eigenvalue weighted by Gasteiger charge is -2.01. The highest BCUT2D eigenvalue weighted by Crippen LogP contribution is 2.26. The van der Waals surface area contributed by atoms with Gasteiger partial charge in [0, 0.05) is 41.8 Å². The van der Waals surface area contributed by atoms with Gasteiger partial charge in [0.25, 0.3) is 0 Å². The topological polar surface area (TPSA) is 53.6 Å². The van der Waals surface area contributed by atoms with Gasteiger partial charge in [-0.2, -0.15) is 0 Å². The van der Waals surface area contributed by atoms with Crippen LogP contribution in [0.1, 0.15) is 16.0 Å². The van der Waals surface area contributed by atoms with Crippen molar-refractivity contribution in [3.8, 4) is 0 Å². The van der Waals surface area contributed by atoms with Crippen molar-refractivity contribution < 1.29 is 0 Å². The van der Waals surface area contributed by atoms with Crippen LogP contribution < -0.4 is 5.32 Å². The molecular formula is C18H15ClN4S. The number of thiazole rings is 1. The molecule has 0 radical (unpaired) electrons. The van der Waals surface area contributed by atoms with E-state index in [4.69, 9.17) is 11.6 Å². The van der Waals surface area contributed by atoms with E-state index < -0.39 is 0 Å². The maximum absolute atomic E-state index is 6.06. The number of anilines is 1. The minimum Gasteiger partial charge on any atom is -0.357 e. The summed E-state index contributed by atoms with van der Waals surface area (Å²) < 4.78 is 0. The molecule has 0 saturated carbocycles. The number of hydrogen-bond donors (Lipinski definition) is 2. The third-order valence-electron chi connectivity index (χ3n) is 3.79. The fourth-order valence-corrected chi connectivity index (χ4v) is 3.60. The van der Waals surface area contributed by atoms with E-state index in [1.54, 1.807) is 17.5 Å². The van der Waals surface area contributed by atoms with Crippen molar-refractivity contribution >= 4 is 39.1 Å². The molecule has 0 unspecified atom stereocenters. The van der Waals surface area contributed by atoms with Gasteiger partial charge in [-0.05, 0) is 17.2 Å². The van der Waals surface area contributed by atoms with Crippen molar-refractivity contribution in [2.75, 3.05) is 5.32 Å². The summed E-state index contributed by atoms with van der Waals surface area (Å²) in [7, 11) is 0. The summed E-state index contributed by atoms with van der Waals surface area (Å²) in [4.78, 5) is 13.2. The van der Waals surface area contributed by atoms with Gasteiger partial charge >= 0.3 is 0 Å². The van der Waals surface area contributed by atoms with Gasteiger partial charge in [0.05, 0.1) is 5.02 Å². The molecule has 0 aliphatic heterocycles. The molecule has 0 aliphatic rings. The van der Waals surface area contributed by atoms with Crippen LogP contribution in [0, 0.1) is 0 Å². The van der Waals surface area contributed by atoms with Crippen molar-refractivity contribution in [1.82, 2.24) is 15.0 Å². The Morgan fingerprint density at radius 3 is 2.88 bits per heavy atom. The third kappa shape index (κ3) is 3.27. The van der Waals surface area contributed by atoms with Gasteiger partial charge in [-0.3, -0.25) is 0 Å². The Labute approximate surface area is 148 Å². The molecule has 0 aliphatic carbocycles. The van der Waals surface area contributed by atoms with E-state index in [0.717, 1.165) is 29.1 Å². The van der Waals surface area contributed by atoms with Crippen LogP contribution in [0.5, 0.6) is 0 Å². The molecule has 0 atom stereocenters. The number of aromatic nitrogens is 3. The lowest BCUT2D eigenvalue weighted by atomic mass is 10.1. The van der Waals surface area contributed by atoms with E-state index >= 15 is 0 Å². The first-order valence-corrected chi connectivity index (χ1v) is 8.81. The molecule has 3 heterocycles. The number of hydrogen-bond acceptors (Lipinski definition) is 4. The number of pyridine rings is 1. The largest absolute Gasteiger partial charge is 0.357 e. The van der Waals surface area contributed by atoms with E-state index in [1.807, 2.05) is 36.7 Å². The van der Waals surface area contributed by atoms with Crippen LogP contribution in [0.3, 0.4) is 0 Å². The predicted octanol–water partition coefficient (Wildman–Crippen LogP) is 4.88. The van der Waals surface area contributed by atoms with Gasteiger partial charge < -0.3 is 10.3 Å². The minimum absolute atomic E-state index is 0.651. The molecule has 0 fully saturated rings. The van der Waals surface area contributed by atoms with Gasteiger partial charge in [0.15, 0.2) is 5.13 Å². The summed E-state index contributed by atoms with van der Waals surface area (Å²) in [5.74, 6) is 0. The Balaban J connectivity index is 1.47. The number of rotatable bonds is 5. The van der Waals surface area contributed by atoms with Crippen LogP contribution in [0.4, 0.5) is 5.13 Å². The summed E-state index contributed by atoms with van der Waals surface area (Å²) >= 11 is 7.73. The number of benzene rings is 1. The first-order chi connectivity index (χ1) is 11.8. The van der Waals surface area contributed by atoms with Gasteiger partial charge in [-0.25, -0.2) is 9.97 Å². The molecule has 3 aromatic heterocycles. The Kier molecular flexibility index (Phi) is 4.19. The zero-order valence-electron chi connectivity index (χ0n) is 12.8. The van der Waals surface area contributed by atoms with Gasteiger partial charge in [-0.15, -0.1) is 11.3 Å². The van der Waals surface area contributed by atoms with E-state index in [9.17, 15) is 0 Å². The highest BCUT2D eigenvalue weighted by Gasteiger charge is 2.09. The normalized spacial score (nSPS) is 11.0. The average Bonchev–Trinajstić information content (AvgIpc) is 3.22. The molecule has 4 aromatic rings. The Morgan fingerprint density at radius 1 is 1.12 bits per heavy atom. The van der Waals surface area contributed by atoms with Gasteiger partial charge in [0.1, 0.15) is 5.65 Å². The second kappa shape index (κ2) is 6.63. The Morgan fingerprint density at radius 2 is 2.00 bits per heavy atom. The fraction of sp³-hybridized carbons (Fsp3) is 0.111. The van der Waals surface area contributed by atoms with Gasteiger partial charge in [-0.1, -0.05) is 41.9 Å². The molecule has 2 N–H and O–H groups in total. The molecule has 24 heavy (non-hydrogen) atoms. The number of fused-ring (bicyclic) bond motifs is 1. The number of halogens is 1. The predicted molar refractivity (Wildman–Crippen MR) is 99.8 cm³/mol. The van der Waals surface area contributed by atoms with Crippen LogP contribution in [0.15, 0.2) is 55.0 Å². The molecule has 4 rings (SSSR count). The second-order valence-corrected chi connectivity index (χ2v) is 7.06. The molecule has 4 nitrogen and oxygen atoms in total. The monoisotopic (exact) mass is 354 g/mol. The molecule has 1 aromatic carbocycles. The minimum atomic E-state index is 0.651. The highest BCUT2D eigenvalue weighted by molar-refractivity contribution is 7.15. The van der Waals surface area contributed by atoms with Crippen molar-refractivity contribution in [1.29, 1.82) is 0 Å².